The van der Waals surface area contributed by atoms with Crippen LogP contribution in [0.3, 0.4) is 0 Å². The highest BCUT2D eigenvalue weighted by Crippen LogP contribution is 2.20. The Morgan fingerprint density at radius 2 is 2.00 bits per heavy atom. The van der Waals surface area contributed by atoms with Crippen LogP contribution in [-0.4, -0.2) is 38.2 Å². The predicted molar refractivity (Wildman–Crippen MR) is 90.1 cm³/mol. The summed E-state index contributed by atoms with van der Waals surface area (Å²) >= 11 is 0. The molecule has 1 heterocycles. The van der Waals surface area contributed by atoms with Crippen molar-refractivity contribution in [2.75, 3.05) is 0 Å². The average Bonchev–Trinajstić information content (AvgIpc) is 3.01. The van der Waals surface area contributed by atoms with Gasteiger partial charge in [0.05, 0.1) is 0 Å². The van der Waals surface area contributed by atoms with Crippen molar-refractivity contribution < 1.29 is 4.79 Å². The summed E-state index contributed by atoms with van der Waals surface area (Å²) in [6.07, 6.45) is 4.33. The molecule has 24 heavy (non-hydrogen) atoms. The van der Waals surface area contributed by atoms with Gasteiger partial charge in [0.15, 0.2) is 0 Å². The fourth-order valence-corrected chi connectivity index (χ4v) is 3.21. The van der Waals surface area contributed by atoms with Gasteiger partial charge in [0, 0.05) is 18.5 Å². The van der Waals surface area contributed by atoms with Crippen molar-refractivity contribution >= 4 is 5.91 Å². The summed E-state index contributed by atoms with van der Waals surface area (Å²) in [5, 5.41) is 14.8. The molecular weight excluding hydrogens is 304 g/mol. The molecule has 1 unspecified atom stereocenters. The van der Waals surface area contributed by atoms with E-state index in [4.69, 9.17) is 5.73 Å². The number of aromatic nitrogens is 4. The number of hydrogen-bond donors (Lipinski definition) is 2. The zero-order chi connectivity index (χ0) is 16.9. The highest BCUT2D eigenvalue weighted by molar-refractivity contribution is 5.80. The Labute approximate surface area is 141 Å². The minimum atomic E-state index is -0.446. The molecule has 3 N–H and O–H groups in total. The van der Waals surface area contributed by atoms with Gasteiger partial charge >= 0.3 is 0 Å². The normalized spacial score (nSPS) is 22.1. The van der Waals surface area contributed by atoms with Crippen LogP contribution in [0.2, 0.25) is 0 Å². The summed E-state index contributed by atoms with van der Waals surface area (Å²) in [6, 6.07) is 9.94. The van der Waals surface area contributed by atoms with Gasteiger partial charge in [-0.05, 0) is 48.6 Å². The van der Waals surface area contributed by atoms with Gasteiger partial charge in [-0.2, -0.15) is 0 Å². The van der Waals surface area contributed by atoms with Crippen LogP contribution in [0.25, 0.3) is 0 Å². The summed E-state index contributed by atoms with van der Waals surface area (Å²) in [6.45, 7) is 1.81. The van der Waals surface area contributed by atoms with E-state index in [9.17, 15) is 4.79 Å². The van der Waals surface area contributed by atoms with Crippen molar-refractivity contribution in [3.63, 3.8) is 0 Å². The SMILES string of the molecule is Cc1nnnn1C(Cc1ccccc1)C(=O)NC1CCC(N)CC1. The van der Waals surface area contributed by atoms with E-state index in [0.29, 0.717) is 12.2 Å². The van der Waals surface area contributed by atoms with E-state index < -0.39 is 6.04 Å². The van der Waals surface area contributed by atoms with Gasteiger partial charge in [0.25, 0.3) is 0 Å². The molecule has 1 aliphatic rings. The summed E-state index contributed by atoms with van der Waals surface area (Å²) in [5.74, 6) is 0.603. The topological polar surface area (TPSA) is 98.7 Å². The fraction of sp³-hybridized carbons (Fsp3) is 0.529. The average molecular weight is 328 g/mol. The number of nitrogens with one attached hydrogen (secondary N) is 1. The molecule has 3 rings (SSSR count). The van der Waals surface area contributed by atoms with E-state index in [0.717, 1.165) is 31.2 Å². The lowest BCUT2D eigenvalue weighted by Crippen LogP contribution is -2.44. The summed E-state index contributed by atoms with van der Waals surface area (Å²) in [7, 11) is 0. The highest BCUT2D eigenvalue weighted by Gasteiger charge is 2.27. The van der Waals surface area contributed by atoms with Crippen LogP contribution in [0.5, 0.6) is 0 Å². The van der Waals surface area contributed by atoms with Crippen LogP contribution >= 0.6 is 0 Å². The number of nitrogens with zero attached hydrogens (tertiary/aromatic N) is 4. The molecule has 1 aromatic heterocycles. The maximum absolute atomic E-state index is 12.9. The van der Waals surface area contributed by atoms with E-state index in [1.54, 1.807) is 4.68 Å². The number of amides is 1. The lowest BCUT2D eigenvalue weighted by atomic mass is 9.91. The van der Waals surface area contributed by atoms with E-state index in [-0.39, 0.29) is 18.0 Å². The molecule has 0 aliphatic heterocycles. The number of benzene rings is 1. The molecule has 7 nitrogen and oxygen atoms in total. The van der Waals surface area contributed by atoms with Crippen LogP contribution < -0.4 is 11.1 Å². The molecule has 128 valence electrons. The number of hydrogen-bond acceptors (Lipinski definition) is 5. The van der Waals surface area contributed by atoms with Gasteiger partial charge < -0.3 is 11.1 Å². The van der Waals surface area contributed by atoms with Crippen LogP contribution in [0, 0.1) is 6.92 Å². The largest absolute Gasteiger partial charge is 0.351 e. The van der Waals surface area contributed by atoms with Crippen molar-refractivity contribution in [3.8, 4) is 0 Å². The standard InChI is InChI=1S/C17H24N6O/c1-12-20-21-22-23(12)16(11-13-5-3-2-4-6-13)17(24)19-15-9-7-14(18)8-10-15/h2-6,14-16H,7-11,18H2,1H3,(H,19,24). The maximum Gasteiger partial charge on any atom is 0.245 e. The zero-order valence-electron chi connectivity index (χ0n) is 13.9. The summed E-state index contributed by atoms with van der Waals surface area (Å²) < 4.78 is 1.61. The monoisotopic (exact) mass is 328 g/mol. The molecule has 0 bridgehead atoms. The van der Waals surface area contributed by atoms with Crippen molar-refractivity contribution in [3.05, 3.63) is 41.7 Å². The summed E-state index contributed by atoms with van der Waals surface area (Å²) in [5.41, 5.74) is 7.03. The number of carbonyl (C=O) groups is 1. The molecule has 0 saturated heterocycles. The van der Waals surface area contributed by atoms with Gasteiger partial charge in [0.1, 0.15) is 11.9 Å². The van der Waals surface area contributed by atoms with Gasteiger partial charge in [0.2, 0.25) is 5.91 Å². The van der Waals surface area contributed by atoms with Gasteiger partial charge in [-0.1, -0.05) is 30.3 Å². The summed E-state index contributed by atoms with van der Waals surface area (Å²) in [4.78, 5) is 12.9. The number of carbonyl (C=O) groups excluding carboxylic acids is 1. The van der Waals surface area contributed by atoms with Crippen molar-refractivity contribution in [2.24, 2.45) is 5.73 Å². The molecule has 1 atom stereocenters. The van der Waals surface area contributed by atoms with E-state index in [2.05, 4.69) is 20.8 Å². The van der Waals surface area contributed by atoms with E-state index in [1.165, 1.54) is 0 Å². The first-order chi connectivity index (χ1) is 11.6. The first kappa shape index (κ1) is 16.6. The highest BCUT2D eigenvalue weighted by atomic mass is 16.2. The number of tetrazole rings is 1. The first-order valence-corrected chi connectivity index (χ1v) is 8.48. The Kier molecular flexibility index (Phi) is 5.20. The van der Waals surface area contributed by atoms with Crippen molar-refractivity contribution in [2.45, 2.75) is 57.2 Å². The fourth-order valence-electron chi connectivity index (χ4n) is 3.21. The third kappa shape index (κ3) is 3.97. The molecule has 1 saturated carbocycles. The third-order valence-electron chi connectivity index (χ3n) is 4.65. The van der Waals surface area contributed by atoms with Crippen LogP contribution in [0.4, 0.5) is 0 Å². The van der Waals surface area contributed by atoms with E-state index in [1.807, 2.05) is 37.3 Å². The second-order valence-electron chi connectivity index (χ2n) is 6.50. The molecule has 0 radical (unpaired) electrons. The van der Waals surface area contributed by atoms with Crippen molar-refractivity contribution in [1.29, 1.82) is 0 Å². The molecule has 1 aliphatic carbocycles. The molecule has 1 amide bonds. The minimum Gasteiger partial charge on any atom is -0.351 e. The van der Waals surface area contributed by atoms with Crippen LogP contribution in [0.1, 0.15) is 43.1 Å². The second kappa shape index (κ2) is 7.53. The third-order valence-corrected chi connectivity index (χ3v) is 4.65. The maximum atomic E-state index is 12.9. The molecule has 1 aromatic carbocycles. The molecule has 1 fully saturated rings. The Bertz CT molecular complexity index is 663. The smallest absolute Gasteiger partial charge is 0.245 e. The Hall–Kier alpha value is -2.28. The Balaban J connectivity index is 1.74. The minimum absolute atomic E-state index is 0.0327. The van der Waals surface area contributed by atoms with Gasteiger partial charge in [-0.15, -0.1) is 5.10 Å². The van der Waals surface area contributed by atoms with Crippen LogP contribution in [-0.2, 0) is 11.2 Å². The van der Waals surface area contributed by atoms with Gasteiger partial charge in [-0.25, -0.2) is 4.68 Å². The molecule has 2 aromatic rings. The number of nitrogens with two attached hydrogens (primary N) is 1. The van der Waals surface area contributed by atoms with E-state index >= 15 is 0 Å². The quantitative estimate of drug-likeness (QED) is 0.858. The van der Waals surface area contributed by atoms with Crippen molar-refractivity contribution in [1.82, 2.24) is 25.5 Å². The molecule has 7 heteroatoms. The van der Waals surface area contributed by atoms with Gasteiger partial charge in [-0.3, -0.25) is 4.79 Å². The first-order valence-electron chi connectivity index (χ1n) is 8.48. The number of rotatable bonds is 5. The number of aryl methyl sites for hydroxylation is 1. The molecular formula is C17H24N6O. The second-order valence-corrected chi connectivity index (χ2v) is 6.50. The van der Waals surface area contributed by atoms with Crippen LogP contribution in [0.15, 0.2) is 30.3 Å². The Morgan fingerprint density at radius 3 is 2.62 bits per heavy atom. The zero-order valence-corrected chi connectivity index (χ0v) is 13.9. The predicted octanol–water partition coefficient (Wildman–Crippen LogP) is 1.15. The molecule has 0 spiro atoms. The lowest BCUT2D eigenvalue weighted by molar-refractivity contribution is -0.125. The Morgan fingerprint density at radius 1 is 1.29 bits per heavy atom. The lowest BCUT2D eigenvalue weighted by Gasteiger charge is -2.28.